The Kier molecular flexibility index (Phi) is 6.66. The van der Waals surface area contributed by atoms with Gasteiger partial charge in [0.1, 0.15) is 12.4 Å². The summed E-state index contributed by atoms with van der Waals surface area (Å²) >= 11 is 13.0. The van der Waals surface area contributed by atoms with E-state index in [4.69, 9.17) is 27.9 Å². The normalized spacial score (nSPS) is 15.0. The smallest absolute Gasteiger partial charge is 0.293 e. The molecule has 0 aliphatic carbocycles. The van der Waals surface area contributed by atoms with Crippen molar-refractivity contribution in [3.8, 4) is 5.75 Å². The van der Waals surface area contributed by atoms with Gasteiger partial charge < -0.3 is 4.74 Å². The van der Waals surface area contributed by atoms with Gasteiger partial charge in [-0.2, -0.15) is 0 Å². The van der Waals surface area contributed by atoms with Crippen molar-refractivity contribution in [3.05, 3.63) is 104 Å². The molecule has 156 valence electrons. The molecular formula is C24H17Cl2NO3S. The molecule has 0 aromatic heterocycles. The molecule has 0 spiro atoms. The standard InChI is InChI=1S/C24H17Cl2NO3S/c25-19-10-9-18(21(26)13-19)14-27-23(28)22(31-24(27)29)12-17-7-4-8-20(11-17)30-15-16-5-2-1-3-6-16/h1-13H,14-15H2/b22-12+. The summed E-state index contributed by atoms with van der Waals surface area (Å²) in [6, 6.07) is 22.3. The summed E-state index contributed by atoms with van der Waals surface area (Å²) in [6.07, 6.45) is 1.70. The zero-order chi connectivity index (χ0) is 21.8. The van der Waals surface area contributed by atoms with Crippen LogP contribution >= 0.6 is 35.0 Å². The molecule has 3 aromatic rings. The zero-order valence-electron chi connectivity index (χ0n) is 16.3. The molecule has 0 saturated carbocycles. The van der Waals surface area contributed by atoms with Crippen LogP contribution in [0.3, 0.4) is 0 Å². The van der Waals surface area contributed by atoms with E-state index < -0.39 is 0 Å². The van der Waals surface area contributed by atoms with Crippen molar-refractivity contribution in [2.75, 3.05) is 0 Å². The summed E-state index contributed by atoms with van der Waals surface area (Å²) in [5.74, 6) is 0.335. The fourth-order valence-corrected chi connectivity index (χ4v) is 4.35. The van der Waals surface area contributed by atoms with Crippen molar-refractivity contribution in [2.45, 2.75) is 13.2 Å². The average molecular weight is 470 g/mol. The maximum Gasteiger partial charge on any atom is 0.293 e. The van der Waals surface area contributed by atoms with Crippen molar-refractivity contribution >= 4 is 52.2 Å². The lowest BCUT2D eigenvalue weighted by molar-refractivity contribution is -0.123. The van der Waals surface area contributed by atoms with E-state index >= 15 is 0 Å². The Hall–Kier alpha value is -2.73. The molecule has 0 atom stereocenters. The van der Waals surface area contributed by atoms with E-state index in [1.165, 1.54) is 4.90 Å². The van der Waals surface area contributed by atoms with Gasteiger partial charge >= 0.3 is 0 Å². The molecule has 3 aromatic carbocycles. The van der Waals surface area contributed by atoms with Gasteiger partial charge in [0.25, 0.3) is 11.1 Å². The van der Waals surface area contributed by atoms with E-state index in [2.05, 4.69) is 0 Å². The van der Waals surface area contributed by atoms with Crippen LogP contribution in [0.2, 0.25) is 10.0 Å². The number of thioether (sulfide) groups is 1. The number of hydrogen-bond donors (Lipinski definition) is 0. The van der Waals surface area contributed by atoms with Crippen LogP contribution in [0.1, 0.15) is 16.7 Å². The Morgan fingerprint density at radius 2 is 1.74 bits per heavy atom. The Bertz CT molecular complexity index is 1160. The Morgan fingerprint density at radius 3 is 2.52 bits per heavy atom. The summed E-state index contributed by atoms with van der Waals surface area (Å²) in [5.41, 5.74) is 2.50. The molecule has 0 radical (unpaired) electrons. The third-order valence-corrected chi connectivity index (χ3v) is 6.12. The van der Waals surface area contributed by atoms with Crippen LogP contribution in [0.25, 0.3) is 6.08 Å². The van der Waals surface area contributed by atoms with Gasteiger partial charge in [0.15, 0.2) is 0 Å². The van der Waals surface area contributed by atoms with Crippen LogP contribution in [-0.2, 0) is 17.9 Å². The summed E-state index contributed by atoms with van der Waals surface area (Å²) < 4.78 is 5.84. The van der Waals surface area contributed by atoms with E-state index in [0.29, 0.717) is 32.9 Å². The maximum atomic E-state index is 12.8. The number of carbonyl (C=O) groups excluding carboxylic acids is 2. The molecule has 1 aliphatic heterocycles. The molecule has 1 fully saturated rings. The highest BCUT2D eigenvalue weighted by molar-refractivity contribution is 8.18. The summed E-state index contributed by atoms with van der Waals surface area (Å²) in [4.78, 5) is 26.8. The second kappa shape index (κ2) is 9.60. The highest BCUT2D eigenvalue weighted by Crippen LogP contribution is 2.35. The molecule has 1 heterocycles. The van der Waals surface area contributed by atoms with Gasteiger partial charge in [0.05, 0.1) is 11.4 Å². The van der Waals surface area contributed by atoms with Crippen molar-refractivity contribution in [1.29, 1.82) is 0 Å². The third kappa shape index (κ3) is 5.31. The van der Waals surface area contributed by atoms with Crippen LogP contribution in [0.5, 0.6) is 5.75 Å². The Labute approximate surface area is 194 Å². The van der Waals surface area contributed by atoms with Crippen molar-refractivity contribution in [2.24, 2.45) is 0 Å². The second-order valence-electron chi connectivity index (χ2n) is 6.85. The highest BCUT2D eigenvalue weighted by Gasteiger charge is 2.35. The zero-order valence-corrected chi connectivity index (χ0v) is 18.6. The van der Waals surface area contributed by atoms with E-state index in [-0.39, 0.29) is 17.7 Å². The first-order chi connectivity index (χ1) is 15.0. The van der Waals surface area contributed by atoms with E-state index in [0.717, 1.165) is 22.9 Å². The maximum absolute atomic E-state index is 12.8. The largest absolute Gasteiger partial charge is 0.489 e. The molecule has 31 heavy (non-hydrogen) atoms. The van der Waals surface area contributed by atoms with E-state index in [1.54, 1.807) is 24.3 Å². The molecule has 1 aliphatic rings. The number of amides is 2. The van der Waals surface area contributed by atoms with Crippen molar-refractivity contribution in [1.82, 2.24) is 4.90 Å². The number of carbonyl (C=O) groups is 2. The minimum absolute atomic E-state index is 0.0955. The molecule has 4 rings (SSSR count). The average Bonchev–Trinajstić information content (AvgIpc) is 3.02. The van der Waals surface area contributed by atoms with Gasteiger partial charge in [-0.1, -0.05) is 71.7 Å². The Morgan fingerprint density at radius 1 is 0.935 bits per heavy atom. The van der Waals surface area contributed by atoms with Crippen molar-refractivity contribution < 1.29 is 14.3 Å². The first-order valence-electron chi connectivity index (χ1n) is 9.46. The topological polar surface area (TPSA) is 46.6 Å². The molecule has 0 N–H and O–H groups in total. The molecule has 7 heteroatoms. The SMILES string of the molecule is O=C1S/C(=C/c2cccc(OCc3ccccc3)c2)C(=O)N1Cc1ccc(Cl)cc1Cl. The fraction of sp³-hybridized carbons (Fsp3) is 0.0833. The minimum Gasteiger partial charge on any atom is -0.489 e. The predicted octanol–water partition coefficient (Wildman–Crippen LogP) is 6.81. The van der Waals surface area contributed by atoms with Gasteiger partial charge in [0.2, 0.25) is 0 Å². The van der Waals surface area contributed by atoms with Gasteiger partial charge in [-0.25, -0.2) is 0 Å². The highest BCUT2D eigenvalue weighted by atomic mass is 35.5. The minimum atomic E-state index is -0.350. The fourth-order valence-electron chi connectivity index (χ4n) is 3.04. The van der Waals surface area contributed by atoms with Crippen LogP contribution in [0, 0.1) is 0 Å². The molecule has 0 unspecified atom stereocenters. The Balaban J connectivity index is 1.47. The summed E-state index contributed by atoms with van der Waals surface area (Å²) in [7, 11) is 0. The molecule has 0 bridgehead atoms. The third-order valence-electron chi connectivity index (χ3n) is 4.62. The summed E-state index contributed by atoms with van der Waals surface area (Å²) in [6.45, 7) is 0.543. The lowest BCUT2D eigenvalue weighted by Gasteiger charge is -2.13. The van der Waals surface area contributed by atoms with Crippen LogP contribution in [0.15, 0.2) is 77.7 Å². The first-order valence-corrected chi connectivity index (χ1v) is 11.0. The summed E-state index contributed by atoms with van der Waals surface area (Å²) in [5, 5.41) is 0.578. The molecule has 1 saturated heterocycles. The number of ether oxygens (including phenoxy) is 1. The van der Waals surface area contributed by atoms with Gasteiger partial charge in [-0.15, -0.1) is 0 Å². The lowest BCUT2D eigenvalue weighted by atomic mass is 10.2. The van der Waals surface area contributed by atoms with Gasteiger partial charge in [-0.05, 0) is 58.8 Å². The number of benzene rings is 3. The second-order valence-corrected chi connectivity index (χ2v) is 8.69. The molecule has 2 amide bonds. The first kappa shape index (κ1) is 21.5. The monoisotopic (exact) mass is 469 g/mol. The van der Waals surface area contributed by atoms with Crippen molar-refractivity contribution in [3.63, 3.8) is 0 Å². The van der Waals surface area contributed by atoms with Crippen LogP contribution in [-0.4, -0.2) is 16.0 Å². The quantitative estimate of drug-likeness (QED) is 0.372. The number of rotatable bonds is 6. The number of imide groups is 1. The number of nitrogens with zero attached hydrogens (tertiary/aromatic N) is 1. The number of halogens is 2. The molecular weight excluding hydrogens is 453 g/mol. The van der Waals surface area contributed by atoms with E-state index in [9.17, 15) is 9.59 Å². The predicted molar refractivity (Wildman–Crippen MR) is 125 cm³/mol. The van der Waals surface area contributed by atoms with Gasteiger partial charge in [0, 0.05) is 10.0 Å². The van der Waals surface area contributed by atoms with E-state index in [1.807, 2.05) is 54.6 Å². The lowest BCUT2D eigenvalue weighted by Crippen LogP contribution is -2.27. The van der Waals surface area contributed by atoms with Gasteiger partial charge in [-0.3, -0.25) is 14.5 Å². The van der Waals surface area contributed by atoms with Crippen LogP contribution in [0.4, 0.5) is 4.79 Å². The number of hydrogen-bond acceptors (Lipinski definition) is 4. The van der Waals surface area contributed by atoms with Crippen LogP contribution < -0.4 is 4.74 Å². The molecule has 4 nitrogen and oxygen atoms in total.